The minimum atomic E-state index is -0.454. The van der Waals surface area contributed by atoms with Crippen LogP contribution < -0.4 is 20.9 Å². The Kier molecular flexibility index (Phi) is 6.11. The number of nitrogens with zero attached hydrogens (tertiary/aromatic N) is 5. The van der Waals surface area contributed by atoms with Gasteiger partial charge in [0.1, 0.15) is 5.75 Å². The molecule has 10 heteroatoms. The molecule has 1 aliphatic heterocycles. The highest BCUT2D eigenvalue weighted by atomic mass is 35.5. The maximum atomic E-state index is 13.7. The monoisotopic (exact) mass is 513 g/mol. The zero-order chi connectivity index (χ0) is 24.9. The Bertz CT molecular complexity index is 1540. The molecule has 3 heterocycles. The average Bonchev–Trinajstić information content (AvgIpc) is 3.21. The Labute approximate surface area is 211 Å². The van der Waals surface area contributed by atoms with Crippen molar-refractivity contribution in [3.8, 4) is 5.75 Å². The van der Waals surface area contributed by atoms with Crippen LogP contribution in [0.3, 0.4) is 0 Å². The Hall–Kier alpha value is -3.23. The lowest BCUT2D eigenvalue weighted by Crippen LogP contribution is -2.40. The molecule has 0 fully saturated rings. The van der Waals surface area contributed by atoms with Gasteiger partial charge in [-0.25, -0.2) is 4.79 Å². The maximum absolute atomic E-state index is 13.7. The van der Waals surface area contributed by atoms with Crippen LogP contribution in [-0.2, 0) is 20.1 Å². The van der Waals surface area contributed by atoms with Gasteiger partial charge in [-0.3, -0.25) is 13.9 Å². The van der Waals surface area contributed by atoms with Crippen LogP contribution in [0.4, 0.5) is 11.6 Å². The van der Waals surface area contributed by atoms with Crippen molar-refractivity contribution in [1.82, 2.24) is 18.7 Å². The molecule has 0 N–H and O–H groups in total. The standard InChI is InChI=1S/C25H25Cl2N5O3/c1-4-35-19-9-7-18(8-10-19)30-12-15(2)13-31-21-22(28-24(30)31)29(3)25(34)32(23(21)33)14-16-5-6-17(26)11-20(16)27/h5-11,15H,4,12-14H2,1-3H3. The molecule has 4 aromatic rings. The van der Waals surface area contributed by atoms with Crippen LogP contribution >= 0.6 is 23.2 Å². The minimum absolute atomic E-state index is 0.0378. The summed E-state index contributed by atoms with van der Waals surface area (Å²) < 4.78 is 10.1. The topological polar surface area (TPSA) is 74.3 Å². The molecule has 2 aromatic carbocycles. The quantitative estimate of drug-likeness (QED) is 0.394. The molecule has 1 atom stereocenters. The van der Waals surface area contributed by atoms with Gasteiger partial charge in [-0.1, -0.05) is 36.2 Å². The van der Waals surface area contributed by atoms with Crippen LogP contribution in [-0.4, -0.2) is 31.8 Å². The fourth-order valence-corrected chi connectivity index (χ4v) is 5.04. The highest BCUT2D eigenvalue weighted by Crippen LogP contribution is 2.33. The van der Waals surface area contributed by atoms with Crippen LogP contribution in [0.15, 0.2) is 52.1 Å². The van der Waals surface area contributed by atoms with Gasteiger partial charge in [0.2, 0.25) is 5.95 Å². The van der Waals surface area contributed by atoms with Crippen molar-refractivity contribution in [2.24, 2.45) is 13.0 Å². The number of halogens is 2. The summed E-state index contributed by atoms with van der Waals surface area (Å²) in [5.74, 6) is 1.68. The third kappa shape index (κ3) is 4.10. The Morgan fingerprint density at radius 3 is 2.51 bits per heavy atom. The largest absolute Gasteiger partial charge is 0.494 e. The summed E-state index contributed by atoms with van der Waals surface area (Å²) in [6.07, 6.45) is 0. The summed E-state index contributed by atoms with van der Waals surface area (Å²) in [4.78, 5) is 33.7. The number of anilines is 2. The van der Waals surface area contributed by atoms with Gasteiger partial charge in [0.15, 0.2) is 11.2 Å². The first-order valence-electron chi connectivity index (χ1n) is 11.4. The van der Waals surface area contributed by atoms with E-state index >= 15 is 0 Å². The van der Waals surface area contributed by atoms with Crippen LogP contribution in [0.25, 0.3) is 11.2 Å². The van der Waals surface area contributed by atoms with Crippen LogP contribution in [0.2, 0.25) is 10.0 Å². The Balaban J connectivity index is 1.66. The van der Waals surface area contributed by atoms with E-state index in [1.54, 1.807) is 25.2 Å². The molecule has 8 nitrogen and oxygen atoms in total. The van der Waals surface area contributed by atoms with Crippen molar-refractivity contribution in [3.63, 3.8) is 0 Å². The van der Waals surface area contributed by atoms with Crippen LogP contribution in [0, 0.1) is 5.92 Å². The summed E-state index contributed by atoms with van der Waals surface area (Å²) in [6.45, 7) is 6.06. The molecule has 1 unspecified atom stereocenters. The molecule has 0 aliphatic carbocycles. The van der Waals surface area contributed by atoms with Crippen molar-refractivity contribution in [2.45, 2.75) is 26.9 Å². The van der Waals surface area contributed by atoms with Gasteiger partial charge in [0, 0.05) is 35.9 Å². The second-order valence-electron chi connectivity index (χ2n) is 8.81. The highest BCUT2D eigenvalue weighted by Gasteiger charge is 2.30. The van der Waals surface area contributed by atoms with Gasteiger partial charge in [-0.15, -0.1) is 0 Å². The minimum Gasteiger partial charge on any atom is -0.494 e. The summed E-state index contributed by atoms with van der Waals surface area (Å²) in [7, 11) is 1.63. The summed E-state index contributed by atoms with van der Waals surface area (Å²) in [5, 5.41) is 0.889. The summed E-state index contributed by atoms with van der Waals surface area (Å²) >= 11 is 12.3. The number of imidazole rings is 1. The Morgan fingerprint density at radius 2 is 1.83 bits per heavy atom. The van der Waals surface area contributed by atoms with E-state index in [2.05, 4.69) is 11.8 Å². The lowest BCUT2D eigenvalue weighted by atomic mass is 10.1. The molecule has 35 heavy (non-hydrogen) atoms. The van der Waals surface area contributed by atoms with E-state index in [9.17, 15) is 9.59 Å². The number of benzene rings is 2. The predicted octanol–water partition coefficient (Wildman–Crippen LogP) is 4.44. The number of aromatic nitrogens is 4. The molecule has 0 radical (unpaired) electrons. The first kappa shape index (κ1) is 23.5. The summed E-state index contributed by atoms with van der Waals surface area (Å²) in [5.41, 5.74) is 1.48. The van der Waals surface area contributed by atoms with Crippen molar-refractivity contribution >= 4 is 46.0 Å². The second-order valence-corrected chi connectivity index (χ2v) is 9.65. The first-order chi connectivity index (χ1) is 16.8. The third-order valence-electron chi connectivity index (χ3n) is 6.25. The molecule has 0 saturated carbocycles. The van der Waals surface area contributed by atoms with Crippen molar-refractivity contribution in [2.75, 3.05) is 18.1 Å². The Morgan fingerprint density at radius 1 is 1.09 bits per heavy atom. The number of rotatable bonds is 5. The molecule has 0 spiro atoms. The molecular weight excluding hydrogens is 489 g/mol. The van der Waals surface area contributed by atoms with Crippen molar-refractivity contribution in [1.29, 1.82) is 0 Å². The molecule has 0 saturated heterocycles. The van der Waals surface area contributed by atoms with E-state index in [1.807, 2.05) is 35.8 Å². The van der Waals surface area contributed by atoms with Gasteiger partial charge in [-0.2, -0.15) is 4.98 Å². The molecule has 0 amide bonds. The number of hydrogen-bond donors (Lipinski definition) is 0. The van der Waals surface area contributed by atoms with Crippen LogP contribution in [0.1, 0.15) is 19.4 Å². The molecule has 1 aliphatic rings. The van der Waals surface area contributed by atoms with Crippen molar-refractivity contribution in [3.05, 3.63) is 78.9 Å². The van der Waals surface area contributed by atoms with E-state index in [4.69, 9.17) is 32.9 Å². The van der Waals surface area contributed by atoms with Gasteiger partial charge >= 0.3 is 5.69 Å². The van der Waals surface area contributed by atoms with E-state index in [0.29, 0.717) is 45.9 Å². The van der Waals surface area contributed by atoms with Gasteiger partial charge in [0.05, 0.1) is 13.2 Å². The lowest BCUT2D eigenvalue weighted by molar-refractivity contribution is 0.340. The molecule has 182 valence electrons. The van der Waals surface area contributed by atoms with Gasteiger partial charge < -0.3 is 14.2 Å². The van der Waals surface area contributed by atoms with E-state index < -0.39 is 11.2 Å². The number of aryl methyl sites for hydroxylation is 1. The van der Waals surface area contributed by atoms with E-state index in [-0.39, 0.29) is 12.5 Å². The highest BCUT2D eigenvalue weighted by molar-refractivity contribution is 6.35. The normalized spacial score (nSPS) is 15.5. The van der Waals surface area contributed by atoms with Crippen molar-refractivity contribution < 1.29 is 4.74 Å². The van der Waals surface area contributed by atoms with E-state index in [1.165, 1.54) is 9.13 Å². The fourth-order valence-electron chi connectivity index (χ4n) is 4.57. The first-order valence-corrected chi connectivity index (χ1v) is 12.2. The fraction of sp³-hybridized carbons (Fsp3) is 0.320. The molecule has 0 bridgehead atoms. The van der Waals surface area contributed by atoms with Gasteiger partial charge in [0.25, 0.3) is 5.56 Å². The molecule has 5 rings (SSSR count). The SMILES string of the molecule is CCOc1ccc(N2CC(C)Cn3c2nc2c3c(=O)n(Cc3ccc(Cl)cc3Cl)c(=O)n2C)cc1. The lowest BCUT2D eigenvalue weighted by Gasteiger charge is -2.33. The van der Waals surface area contributed by atoms with Crippen LogP contribution in [0.5, 0.6) is 5.75 Å². The predicted molar refractivity (Wildman–Crippen MR) is 139 cm³/mol. The average molecular weight is 514 g/mol. The van der Waals surface area contributed by atoms with Gasteiger partial charge in [-0.05, 0) is 54.8 Å². The summed E-state index contributed by atoms with van der Waals surface area (Å²) in [6, 6.07) is 12.8. The number of hydrogen-bond acceptors (Lipinski definition) is 5. The van der Waals surface area contributed by atoms with E-state index in [0.717, 1.165) is 18.0 Å². The smallest absolute Gasteiger partial charge is 0.332 e. The maximum Gasteiger partial charge on any atom is 0.332 e. The second kappa shape index (κ2) is 9.09. The third-order valence-corrected chi connectivity index (χ3v) is 6.83. The number of ether oxygens (including phenoxy) is 1. The zero-order valence-electron chi connectivity index (χ0n) is 19.7. The number of fused-ring (bicyclic) bond motifs is 3. The molecule has 2 aromatic heterocycles. The molecular formula is C25H25Cl2N5O3. The zero-order valence-corrected chi connectivity index (χ0v) is 21.2.